The fraction of sp³-hybridized carbons (Fsp3) is 0.182. The number of para-hydroxylation sites is 1. The van der Waals surface area contributed by atoms with Gasteiger partial charge >= 0.3 is 6.09 Å². The van der Waals surface area contributed by atoms with Gasteiger partial charge in [0.15, 0.2) is 0 Å². The van der Waals surface area contributed by atoms with E-state index in [4.69, 9.17) is 5.11 Å². The number of hydrogen-bond donors (Lipinski definition) is 1. The van der Waals surface area contributed by atoms with Crippen molar-refractivity contribution < 1.29 is 22.5 Å². The molecule has 0 aliphatic carbocycles. The molecule has 6 nitrogen and oxygen atoms in total. The minimum absolute atomic E-state index is 0.181. The molecule has 2 rings (SSSR count). The quantitative estimate of drug-likeness (QED) is 0.856. The molecule has 0 unspecified atom stereocenters. The molecule has 18 heavy (non-hydrogen) atoms. The molecule has 1 N–H and O–H groups in total. The first kappa shape index (κ1) is 12.6. The molecule has 0 amide bonds. The highest BCUT2D eigenvalue weighted by Crippen LogP contribution is 2.22. The van der Waals surface area contributed by atoms with Gasteiger partial charge < -0.3 is 5.11 Å². The lowest BCUT2D eigenvalue weighted by molar-refractivity contribution is 0.197. The average Bonchev–Trinajstić information content (AvgIpc) is 2.64. The van der Waals surface area contributed by atoms with Crippen molar-refractivity contribution in [1.29, 1.82) is 0 Å². The van der Waals surface area contributed by atoms with Crippen LogP contribution in [0.4, 0.5) is 4.79 Å². The SMILES string of the molecule is CS(=O)(=O)OCc1cn(C(=O)O)c2ccccc12. The van der Waals surface area contributed by atoms with Gasteiger partial charge in [-0.2, -0.15) is 8.42 Å². The van der Waals surface area contributed by atoms with Gasteiger partial charge in [-0.3, -0.25) is 8.75 Å². The summed E-state index contributed by atoms with van der Waals surface area (Å²) in [7, 11) is -3.56. The Morgan fingerprint density at radius 2 is 2.06 bits per heavy atom. The van der Waals surface area contributed by atoms with Crippen LogP contribution >= 0.6 is 0 Å². The maximum absolute atomic E-state index is 11.0. The molecule has 0 saturated heterocycles. The molecule has 0 saturated carbocycles. The molecule has 1 aromatic carbocycles. The molecule has 0 aliphatic heterocycles. The van der Waals surface area contributed by atoms with Gasteiger partial charge in [-0.25, -0.2) is 4.79 Å². The Morgan fingerprint density at radius 1 is 1.39 bits per heavy atom. The lowest BCUT2D eigenvalue weighted by atomic mass is 10.2. The summed E-state index contributed by atoms with van der Waals surface area (Å²) in [6.45, 7) is -0.181. The third kappa shape index (κ3) is 2.52. The molecule has 0 spiro atoms. The third-order valence-electron chi connectivity index (χ3n) is 2.43. The predicted molar refractivity (Wildman–Crippen MR) is 65.0 cm³/mol. The Hall–Kier alpha value is -1.86. The third-order valence-corrected chi connectivity index (χ3v) is 2.98. The number of carbonyl (C=O) groups is 1. The fourth-order valence-corrected chi connectivity index (χ4v) is 2.04. The molecule has 0 atom stereocenters. The first-order chi connectivity index (χ1) is 8.38. The van der Waals surface area contributed by atoms with Crippen LogP contribution in [0.2, 0.25) is 0 Å². The highest BCUT2D eigenvalue weighted by atomic mass is 32.2. The van der Waals surface area contributed by atoms with Crippen molar-refractivity contribution in [2.24, 2.45) is 0 Å². The molecular formula is C11H11NO5S. The van der Waals surface area contributed by atoms with Crippen molar-refractivity contribution in [3.8, 4) is 0 Å². The van der Waals surface area contributed by atoms with Gasteiger partial charge in [0.25, 0.3) is 10.1 Å². The summed E-state index contributed by atoms with van der Waals surface area (Å²) in [5.74, 6) is 0. The monoisotopic (exact) mass is 269 g/mol. The van der Waals surface area contributed by atoms with Crippen LogP contribution in [0, 0.1) is 0 Å². The van der Waals surface area contributed by atoms with Gasteiger partial charge in [-0.15, -0.1) is 0 Å². The maximum atomic E-state index is 11.0. The highest BCUT2D eigenvalue weighted by molar-refractivity contribution is 7.85. The summed E-state index contributed by atoms with van der Waals surface area (Å²) < 4.78 is 27.6. The lowest BCUT2D eigenvalue weighted by Gasteiger charge is -1.99. The van der Waals surface area contributed by atoms with E-state index in [0.29, 0.717) is 16.5 Å². The van der Waals surface area contributed by atoms with E-state index in [1.165, 1.54) is 6.20 Å². The van der Waals surface area contributed by atoms with Gasteiger partial charge in [0, 0.05) is 17.1 Å². The molecule has 0 fully saturated rings. The van der Waals surface area contributed by atoms with Gasteiger partial charge in [0.05, 0.1) is 18.4 Å². The van der Waals surface area contributed by atoms with Crippen LogP contribution < -0.4 is 0 Å². The molecule has 2 aromatic rings. The Morgan fingerprint density at radius 3 is 2.67 bits per heavy atom. The van der Waals surface area contributed by atoms with Gasteiger partial charge in [0.1, 0.15) is 0 Å². The van der Waals surface area contributed by atoms with Crippen molar-refractivity contribution in [3.63, 3.8) is 0 Å². The van der Waals surface area contributed by atoms with E-state index in [0.717, 1.165) is 10.8 Å². The minimum atomic E-state index is -3.56. The van der Waals surface area contributed by atoms with Crippen LogP contribution in [-0.4, -0.2) is 30.4 Å². The minimum Gasteiger partial charge on any atom is -0.464 e. The number of nitrogens with zero attached hydrogens (tertiary/aromatic N) is 1. The second-order valence-corrected chi connectivity index (χ2v) is 5.43. The number of hydrogen-bond acceptors (Lipinski definition) is 4. The smallest absolute Gasteiger partial charge is 0.416 e. The molecule has 1 aromatic heterocycles. The zero-order valence-electron chi connectivity index (χ0n) is 9.53. The molecule has 1 heterocycles. The Labute approximate surface area is 104 Å². The Kier molecular flexibility index (Phi) is 3.10. The van der Waals surface area contributed by atoms with E-state index in [1.54, 1.807) is 24.3 Å². The van der Waals surface area contributed by atoms with E-state index in [1.807, 2.05) is 0 Å². The van der Waals surface area contributed by atoms with Crippen molar-refractivity contribution in [2.75, 3.05) is 6.26 Å². The largest absolute Gasteiger partial charge is 0.464 e. The van der Waals surface area contributed by atoms with Crippen molar-refractivity contribution in [3.05, 3.63) is 36.0 Å². The zero-order chi connectivity index (χ0) is 13.3. The standard InChI is InChI=1S/C11H11NO5S/c1-18(15,16)17-7-8-6-12(11(13)14)10-5-3-2-4-9(8)10/h2-6H,7H2,1H3,(H,13,14). The normalized spacial score (nSPS) is 11.8. The van der Waals surface area contributed by atoms with Crippen LogP contribution in [0.1, 0.15) is 5.56 Å². The van der Waals surface area contributed by atoms with Crippen LogP contribution in [0.5, 0.6) is 0 Å². The van der Waals surface area contributed by atoms with Crippen molar-refractivity contribution in [2.45, 2.75) is 6.61 Å². The number of rotatable bonds is 3. The first-order valence-corrected chi connectivity index (χ1v) is 6.87. The maximum Gasteiger partial charge on any atom is 0.416 e. The van der Waals surface area contributed by atoms with Crippen LogP contribution in [0.3, 0.4) is 0 Å². The molecule has 0 radical (unpaired) electrons. The zero-order valence-corrected chi connectivity index (χ0v) is 10.3. The van der Waals surface area contributed by atoms with E-state index in [9.17, 15) is 13.2 Å². The molecule has 7 heteroatoms. The van der Waals surface area contributed by atoms with Gasteiger partial charge in [0.2, 0.25) is 0 Å². The summed E-state index contributed by atoms with van der Waals surface area (Å²) in [6.07, 6.45) is 1.18. The summed E-state index contributed by atoms with van der Waals surface area (Å²) in [5.41, 5.74) is 1.01. The Bertz CT molecular complexity index is 701. The van der Waals surface area contributed by atoms with E-state index in [2.05, 4.69) is 4.18 Å². The lowest BCUT2D eigenvalue weighted by Crippen LogP contribution is -2.06. The molecule has 96 valence electrons. The topological polar surface area (TPSA) is 85.6 Å². The molecule has 0 aliphatic rings. The number of aromatic nitrogens is 1. The van der Waals surface area contributed by atoms with Gasteiger partial charge in [-0.1, -0.05) is 18.2 Å². The summed E-state index contributed by atoms with van der Waals surface area (Å²) in [6, 6.07) is 6.82. The first-order valence-electron chi connectivity index (χ1n) is 5.05. The van der Waals surface area contributed by atoms with E-state index in [-0.39, 0.29) is 6.61 Å². The van der Waals surface area contributed by atoms with E-state index >= 15 is 0 Å². The predicted octanol–water partition coefficient (Wildman–Crippen LogP) is 1.64. The van der Waals surface area contributed by atoms with Crippen LogP contribution in [0.25, 0.3) is 10.9 Å². The van der Waals surface area contributed by atoms with Crippen LogP contribution in [0.15, 0.2) is 30.5 Å². The van der Waals surface area contributed by atoms with E-state index < -0.39 is 16.2 Å². The Balaban J connectivity index is 2.48. The number of fused-ring (bicyclic) bond motifs is 1. The van der Waals surface area contributed by atoms with Crippen LogP contribution in [-0.2, 0) is 20.9 Å². The highest BCUT2D eigenvalue weighted by Gasteiger charge is 2.13. The number of carboxylic acid groups (broad SMARTS) is 1. The van der Waals surface area contributed by atoms with Gasteiger partial charge in [-0.05, 0) is 6.07 Å². The fourth-order valence-electron chi connectivity index (χ4n) is 1.69. The second-order valence-electron chi connectivity index (χ2n) is 3.79. The van der Waals surface area contributed by atoms with Crippen molar-refractivity contribution >= 4 is 27.1 Å². The average molecular weight is 269 g/mol. The number of benzene rings is 1. The van der Waals surface area contributed by atoms with Crippen molar-refractivity contribution in [1.82, 2.24) is 4.57 Å². The summed E-state index contributed by atoms with van der Waals surface area (Å²) >= 11 is 0. The summed E-state index contributed by atoms with van der Waals surface area (Å²) in [5, 5.41) is 9.68. The molecule has 0 bridgehead atoms. The summed E-state index contributed by atoms with van der Waals surface area (Å²) in [4.78, 5) is 11.0. The second kappa shape index (κ2) is 4.43. The molecular weight excluding hydrogens is 258 g/mol.